The third kappa shape index (κ3) is 2.99. The quantitative estimate of drug-likeness (QED) is 0.757. The molecule has 3 aromatic rings. The summed E-state index contributed by atoms with van der Waals surface area (Å²) in [6.45, 7) is 8.89. The number of nitrogens with zero attached hydrogens (tertiary/aromatic N) is 2. The monoisotopic (exact) mass is 326 g/mol. The van der Waals surface area contributed by atoms with Gasteiger partial charge in [0.2, 0.25) is 0 Å². The molecule has 0 saturated heterocycles. The van der Waals surface area contributed by atoms with Gasteiger partial charge in [0.15, 0.2) is 0 Å². The number of hydrogen-bond donors (Lipinski definition) is 2. The van der Waals surface area contributed by atoms with Gasteiger partial charge in [-0.15, -0.1) is 0 Å². The van der Waals surface area contributed by atoms with Crippen LogP contribution in [0.15, 0.2) is 28.9 Å². The Morgan fingerprint density at radius 1 is 1.29 bits per heavy atom. The zero-order valence-electron chi connectivity index (χ0n) is 14.4. The van der Waals surface area contributed by atoms with E-state index in [1.165, 1.54) is 0 Å². The van der Waals surface area contributed by atoms with E-state index in [4.69, 9.17) is 4.42 Å². The highest BCUT2D eigenvalue weighted by Crippen LogP contribution is 2.26. The summed E-state index contributed by atoms with van der Waals surface area (Å²) in [4.78, 5) is 21.8. The Balaban J connectivity index is 1.81. The Bertz CT molecular complexity index is 878. The average Bonchev–Trinajstić information content (AvgIpc) is 3.18. The van der Waals surface area contributed by atoms with Gasteiger partial charge in [-0.05, 0) is 57.0 Å². The van der Waals surface area contributed by atoms with Crippen molar-refractivity contribution in [2.24, 2.45) is 0 Å². The summed E-state index contributed by atoms with van der Waals surface area (Å²) in [6.07, 6.45) is 1.67. The van der Waals surface area contributed by atoms with Crippen molar-refractivity contribution in [3.63, 3.8) is 0 Å². The topological polar surface area (TPSA) is 74.2 Å². The zero-order valence-corrected chi connectivity index (χ0v) is 14.4. The Kier molecular flexibility index (Phi) is 4.29. The number of furan rings is 1. The van der Waals surface area contributed by atoms with Crippen LogP contribution in [0.25, 0.3) is 11.0 Å². The number of anilines is 1. The van der Waals surface area contributed by atoms with Crippen molar-refractivity contribution in [3.05, 3.63) is 47.2 Å². The smallest absolute Gasteiger partial charge is 0.322 e. The molecule has 3 rings (SSSR count). The van der Waals surface area contributed by atoms with E-state index >= 15 is 0 Å². The largest absolute Gasteiger partial charge is 0.464 e. The first kappa shape index (κ1) is 16.1. The van der Waals surface area contributed by atoms with Crippen molar-refractivity contribution in [2.45, 2.75) is 34.2 Å². The van der Waals surface area contributed by atoms with E-state index in [1.54, 1.807) is 11.2 Å². The van der Waals surface area contributed by atoms with Crippen LogP contribution in [0, 0.1) is 20.8 Å². The minimum Gasteiger partial charge on any atom is -0.464 e. The summed E-state index contributed by atoms with van der Waals surface area (Å²) < 4.78 is 5.57. The molecule has 0 bridgehead atoms. The van der Waals surface area contributed by atoms with Crippen LogP contribution >= 0.6 is 0 Å². The van der Waals surface area contributed by atoms with Gasteiger partial charge in [-0.1, -0.05) is 0 Å². The lowest BCUT2D eigenvalue weighted by Crippen LogP contribution is -2.34. The number of aromatic amines is 1. The van der Waals surface area contributed by atoms with E-state index in [-0.39, 0.29) is 6.03 Å². The van der Waals surface area contributed by atoms with Gasteiger partial charge in [0, 0.05) is 12.2 Å². The van der Waals surface area contributed by atoms with E-state index < -0.39 is 0 Å². The Morgan fingerprint density at radius 2 is 2.08 bits per heavy atom. The minimum absolute atomic E-state index is 0.145. The Labute approximate surface area is 140 Å². The van der Waals surface area contributed by atoms with Crippen LogP contribution in [0.4, 0.5) is 10.5 Å². The number of aromatic nitrogens is 2. The second-order valence-corrected chi connectivity index (χ2v) is 5.93. The maximum atomic E-state index is 12.6. The van der Waals surface area contributed by atoms with Gasteiger partial charge in [-0.3, -0.25) is 0 Å². The molecule has 0 radical (unpaired) electrons. The maximum absolute atomic E-state index is 12.6. The van der Waals surface area contributed by atoms with Crippen molar-refractivity contribution < 1.29 is 9.21 Å². The molecule has 0 saturated carbocycles. The lowest BCUT2D eigenvalue weighted by molar-refractivity contribution is 0.207. The first-order chi connectivity index (χ1) is 11.5. The van der Waals surface area contributed by atoms with E-state index in [2.05, 4.69) is 15.3 Å². The lowest BCUT2D eigenvalue weighted by Gasteiger charge is -2.21. The van der Waals surface area contributed by atoms with Crippen molar-refractivity contribution in [1.29, 1.82) is 0 Å². The maximum Gasteiger partial charge on any atom is 0.322 e. The van der Waals surface area contributed by atoms with Gasteiger partial charge in [0.05, 0.1) is 23.9 Å². The molecular weight excluding hydrogens is 304 g/mol. The molecule has 0 aliphatic heterocycles. The fraction of sp³-hybridized carbons (Fsp3) is 0.333. The summed E-state index contributed by atoms with van der Waals surface area (Å²) in [5.41, 5.74) is 4.73. The molecule has 0 spiro atoms. The summed E-state index contributed by atoms with van der Waals surface area (Å²) in [6, 6.07) is 5.58. The van der Waals surface area contributed by atoms with E-state index in [9.17, 15) is 4.79 Å². The molecular formula is C18H22N4O2. The number of benzene rings is 1. The minimum atomic E-state index is -0.145. The highest BCUT2D eigenvalue weighted by atomic mass is 16.3. The molecule has 0 atom stereocenters. The standard InChI is InChI=1S/C18H22N4O2/c1-5-22(9-14-7-6-11(2)24-14)18(23)21-15-8-16-17(20-10-19-16)13(4)12(15)3/h6-8,10H,5,9H2,1-4H3,(H,19,20)(H,21,23). The molecule has 2 amide bonds. The van der Waals surface area contributed by atoms with E-state index in [0.717, 1.165) is 39.4 Å². The molecule has 2 heterocycles. The number of H-pyrrole nitrogens is 1. The van der Waals surface area contributed by atoms with Gasteiger partial charge in [0.25, 0.3) is 0 Å². The molecule has 0 aliphatic carbocycles. The molecule has 0 fully saturated rings. The van der Waals surface area contributed by atoms with Crippen LogP contribution in [0.3, 0.4) is 0 Å². The molecule has 6 nitrogen and oxygen atoms in total. The summed E-state index contributed by atoms with van der Waals surface area (Å²) in [7, 11) is 0. The fourth-order valence-electron chi connectivity index (χ4n) is 2.75. The number of imidazole rings is 1. The van der Waals surface area contributed by atoms with Crippen LogP contribution in [0.2, 0.25) is 0 Å². The lowest BCUT2D eigenvalue weighted by atomic mass is 10.1. The second kappa shape index (κ2) is 6.39. The molecule has 1 aromatic carbocycles. The number of aryl methyl sites for hydroxylation is 2. The Morgan fingerprint density at radius 3 is 2.75 bits per heavy atom. The molecule has 24 heavy (non-hydrogen) atoms. The van der Waals surface area contributed by atoms with Crippen molar-refractivity contribution in [3.8, 4) is 0 Å². The number of amides is 2. The molecule has 126 valence electrons. The van der Waals surface area contributed by atoms with Crippen LogP contribution in [-0.2, 0) is 6.54 Å². The molecule has 2 aromatic heterocycles. The first-order valence-electron chi connectivity index (χ1n) is 8.04. The molecule has 2 N–H and O–H groups in total. The summed E-state index contributed by atoms with van der Waals surface area (Å²) in [5, 5.41) is 3.01. The fourth-order valence-corrected chi connectivity index (χ4v) is 2.75. The number of carbonyl (C=O) groups excluding carboxylic acids is 1. The van der Waals surface area contributed by atoms with Crippen LogP contribution < -0.4 is 5.32 Å². The van der Waals surface area contributed by atoms with Gasteiger partial charge >= 0.3 is 6.03 Å². The number of carbonyl (C=O) groups is 1. The van der Waals surface area contributed by atoms with Gasteiger partial charge in [-0.25, -0.2) is 9.78 Å². The average molecular weight is 326 g/mol. The normalized spacial score (nSPS) is 11.0. The number of fused-ring (bicyclic) bond motifs is 1. The third-order valence-corrected chi connectivity index (χ3v) is 4.33. The molecule has 0 aliphatic rings. The van der Waals surface area contributed by atoms with Crippen molar-refractivity contribution in [1.82, 2.24) is 14.9 Å². The number of nitrogens with one attached hydrogen (secondary N) is 2. The van der Waals surface area contributed by atoms with Crippen molar-refractivity contribution in [2.75, 3.05) is 11.9 Å². The second-order valence-electron chi connectivity index (χ2n) is 5.93. The SMILES string of the molecule is CCN(Cc1ccc(C)o1)C(=O)Nc1cc2[nH]cnc2c(C)c1C. The predicted octanol–water partition coefficient (Wildman–Crippen LogP) is 4.14. The van der Waals surface area contributed by atoms with E-state index in [0.29, 0.717) is 13.1 Å². The van der Waals surface area contributed by atoms with E-state index in [1.807, 2.05) is 45.9 Å². The van der Waals surface area contributed by atoms with Crippen LogP contribution in [-0.4, -0.2) is 27.4 Å². The highest BCUT2D eigenvalue weighted by molar-refractivity contribution is 5.94. The number of hydrogen-bond acceptors (Lipinski definition) is 3. The number of rotatable bonds is 4. The number of urea groups is 1. The van der Waals surface area contributed by atoms with Gasteiger partial charge in [-0.2, -0.15) is 0 Å². The summed E-state index contributed by atoms with van der Waals surface area (Å²) in [5.74, 6) is 1.62. The van der Waals surface area contributed by atoms with Crippen molar-refractivity contribution >= 4 is 22.8 Å². The Hall–Kier alpha value is -2.76. The van der Waals surface area contributed by atoms with Gasteiger partial charge in [0.1, 0.15) is 11.5 Å². The summed E-state index contributed by atoms with van der Waals surface area (Å²) >= 11 is 0. The van der Waals surface area contributed by atoms with Crippen LogP contribution in [0.5, 0.6) is 0 Å². The molecule has 6 heteroatoms. The van der Waals surface area contributed by atoms with Gasteiger partial charge < -0.3 is 19.6 Å². The predicted molar refractivity (Wildman–Crippen MR) is 94.1 cm³/mol. The zero-order chi connectivity index (χ0) is 17.3. The highest BCUT2D eigenvalue weighted by Gasteiger charge is 2.16. The third-order valence-electron chi connectivity index (χ3n) is 4.33. The molecule has 0 unspecified atom stereocenters. The van der Waals surface area contributed by atoms with Crippen LogP contribution in [0.1, 0.15) is 29.6 Å². The first-order valence-corrected chi connectivity index (χ1v) is 8.04.